The number of nitrogens with zero attached hydrogens (tertiary/aromatic N) is 2. The van der Waals surface area contributed by atoms with Crippen molar-refractivity contribution in [3.63, 3.8) is 0 Å². The van der Waals surface area contributed by atoms with Gasteiger partial charge in [-0.25, -0.2) is 9.97 Å². The molecule has 6 heteroatoms. The molecule has 1 fully saturated rings. The zero-order valence-corrected chi connectivity index (χ0v) is 14.1. The first-order valence-electron chi connectivity index (χ1n) is 8.95. The predicted molar refractivity (Wildman–Crippen MR) is 93.0 cm³/mol. The minimum absolute atomic E-state index is 0.136. The van der Waals surface area contributed by atoms with E-state index in [2.05, 4.69) is 26.7 Å². The minimum Gasteiger partial charge on any atom is -0.376 e. The molecule has 1 amide bonds. The molecule has 1 aromatic rings. The van der Waals surface area contributed by atoms with Crippen LogP contribution in [-0.4, -0.2) is 41.7 Å². The molecule has 2 aliphatic rings. The van der Waals surface area contributed by atoms with E-state index in [0.29, 0.717) is 18.1 Å². The monoisotopic (exact) mass is 330 g/mol. The number of nitrogens with one attached hydrogen (secondary N) is 2. The molecule has 0 radical (unpaired) electrons. The van der Waals surface area contributed by atoms with Gasteiger partial charge in [-0.1, -0.05) is 11.6 Å². The molecule has 1 aromatic heterocycles. The summed E-state index contributed by atoms with van der Waals surface area (Å²) in [4.78, 5) is 20.5. The lowest BCUT2D eigenvalue weighted by molar-refractivity contribution is 0.0853. The van der Waals surface area contributed by atoms with E-state index in [4.69, 9.17) is 4.74 Å². The van der Waals surface area contributed by atoms with Crippen LogP contribution in [0.1, 0.15) is 55.4 Å². The molecular weight excluding hydrogens is 304 g/mol. The Morgan fingerprint density at radius 1 is 1.25 bits per heavy atom. The van der Waals surface area contributed by atoms with Crippen molar-refractivity contribution >= 4 is 11.7 Å². The van der Waals surface area contributed by atoms with Crippen LogP contribution in [0.25, 0.3) is 0 Å². The lowest BCUT2D eigenvalue weighted by Gasteiger charge is -2.13. The third kappa shape index (κ3) is 5.03. The van der Waals surface area contributed by atoms with Crippen molar-refractivity contribution < 1.29 is 9.53 Å². The van der Waals surface area contributed by atoms with Crippen molar-refractivity contribution in [2.75, 3.05) is 25.0 Å². The van der Waals surface area contributed by atoms with E-state index in [9.17, 15) is 4.79 Å². The lowest BCUT2D eigenvalue weighted by Crippen LogP contribution is -2.32. The van der Waals surface area contributed by atoms with Gasteiger partial charge in [0.1, 0.15) is 11.5 Å². The molecule has 130 valence electrons. The number of aromatic nitrogens is 2. The highest BCUT2D eigenvalue weighted by molar-refractivity contribution is 5.92. The van der Waals surface area contributed by atoms with Gasteiger partial charge in [0, 0.05) is 19.7 Å². The van der Waals surface area contributed by atoms with E-state index in [1.54, 1.807) is 6.20 Å². The van der Waals surface area contributed by atoms with Gasteiger partial charge < -0.3 is 15.4 Å². The Balaban J connectivity index is 1.40. The van der Waals surface area contributed by atoms with Gasteiger partial charge in [-0.3, -0.25) is 4.79 Å². The number of amides is 1. The first kappa shape index (κ1) is 16.9. The molecule has 3 rings (SSSR count). The number of hydrogen-bond donors (Lipinski definition) is 2. The van der Waals surface area contributed by atoms with Crippen LogP contribution in [0, 0.1) is 0 Å². The standard InChI is InChI=1S/C18H26N4O2/c23-18(22-11-15-7-4-10-24-15)16-12-21-17(13-20-16)19-9-8-14-5-2-1-3-6-14/h5,12-13,15H,1-4,6-11H2,(H,19,21)(H,22,23). The van der Waals surface area contributed by atoms with Crippen LogP contribution in [0.5, 0.6) is 0 Å². The van der Waals surface area contributed by atoms with Crippen LogP contribution in [-0.2, 0) is 4.74 Å². The Hall–Kier alpha value is -1.95. The van der Waals surface area contributed by atoms with Crippen molar-refractivity contribution in [3.05, 3.63) is 29.7 Å². The Morgan fingerprint density at radius 2 is 2.21 bits per heavy atom. The maximum atomic E-state index is 12.0. The van der Waals surface area contributed by atoms with Gasteiger partial charge in [-0.15, -0.1) is 0 Å². The fourth-order valence-electron chi connectivity index (χ4n) is 3.12. The van der Waals surface area contributed by atoms with Crippen LogP contribution < -0.4 is 10.6 Å². The van der Waals surface area contributed by atoms with Gasteiger partial charge in [-0.2, -0.15) is 0 Å². The molecule has 1 atom stereocenters. The Morgan fingerprint density at radius 3 is 2.92 bits per heavy atom. The summed E-state index contributed by atoms with van der Waals surface area (Å²) in [7, 11) is 0. The zero-order valence-electron chi connectivity index (χ0n) is 14.1. The molecule has 1 aliphatic heterocycles. The highest BCUT2D eigenvalue weighted by atomic mass is 16.5. The first-order chi connectivity index (χ1) is 11.8. The molecule has 1 aliphatic carbocycles. The van der Waals surface area contributed by atoms with E-state index in [-0.39, 0.29) is 12.0 Å². The average molecular weight is 330 g/mol. The number of carbonyl (C=O) groups is 1. The van der Waals surface area contributed by atoms with Crippen LogP contribution in [0.4, 0.5) is 5.82 Å². The fraction of sp³-hybridized carbons (Fsp3) is 0.611. The van der Waals surface area contributed by atoms with E-state index in [1.807, 2.05) is 0 Å². The maximum absolute atomic E-state index is 12.0. The second-order valence-corrected chi connectivity index (χ2v) is 6.42. The van der Waals surface area contributed by atoms with Crippen LogP contribution >= 0.6 is 0 Å². The lowest BCUT2D eigenvalue weighted by atomic mass is 9.97. The number of allylic oxidation sites excluding steroid dienone is 1. The van der Waals surface area contributed by atoms with Crippen molar-refractivity contribution in [1.29, 1.82) is 0 Å². The summed E-state index contributed by atoms with van der Waals surface area (Å²) in [5.41, 5.74) is 1.88. The van der Waals surface area contributed by atoms with Crippen molar-refractivity contribution in [2.45, 2.75) is 51.0 Å². The minimum atomic E-state index is -0.197. The summed E-state index contributed by atoms with van der Waals surface area (Å²) >= 11 is 0. The predicted octanol–water partition coefficient (Wildman–Crippen LogP) is 2.69. The molecule has 1 unspecified atom stereocenters. The molecule has 2 heterocycles. The third-order valence-electron chi connectivity index (χ3n) is 4.54. The second kappa shape index (κ2) is 8.78. The summed E-state index contributed by atoms with van der Waals surface area (Å²) in [6.45, 7) is 2.18. The average Bonchev–Trinajstić information content (AvgIpc) is 3.15. The molecule has 1 saturated heterocycles. The van der Waals surface area contributed by atoms with E-state index in [0.717, 1.165) is 32.4 Å². The summed E-state index contributed by atoms with van der Waals surface area (Å²) in [5.74, 6) is 0.513. The van der Waals surface area contributed by atoms with Crippen LogP contribution in [0.2, 0.25) is 0 Å². The van der Waals surface area contributed by atoms with Crippen molar-refractivity contribution in [2.24, 2.45) is 0 Å². The Bertz CT molecular complexity index is 565. The van der Waals surface area contributed by atoms with Gasteiger partial charge in [0.05, 0.1) is 18.5 Å². The molecule has 0 spiro atoms. The molecule has 2 N–H and O–H groups in total. The fourth-order valence-corrected chi connectivity index (χ4v) is 3.12. The zero-order chi connectivity index (χ0) is 16.6. The third-order valence-corrected chi connectivity index (χ3v) is 4.54. The molecule has 0 aromatic carbocycles. The summed E-state index contributed by atoms with van der Waals surface area (Å²) in [6.07, 6.45) is 13.8. The SMILES string of the molecule is O=C(NCC1CCCO1)c1cnc(NCCC2=CCCCC2)cn1. The van der Waals surface area contributed by atoms with Gasteiger partial charge in [0.2, 0.25) is 0 Å². The molecule has 0 saturated carbocycles. The topological polar surface area (TPSA) is 76.1 Å². The Kier molecular flexibility index (Phi) is 6.18. The van der Waals surface area contributed by atoms with E-state index < -0.39 is 0 Å². The largest absolute Gasteiger partial charge is 0.376 e. The maximum Gasteiger partial charge on any atom is 0.271 e. The van der Waals surface area contributed by atoms with Crippen LogP contribution in [0.3, 0.4) is 0 Å². The molecule has 6 nitrogen and oxygen atoms in total. The summed E-state index contributed by atoms with van der Waals surface area (Å²) in [5, 5.41) is 6.12. The van der Waals surface area contributed by atoms with Gasteiger partial charge in [0.15, 0.2) is 0 Å². The van der Waals surface area contributed by atoms with E-state index >= 15 is 0 Å². The first-order valence-corrected chi connectivity index (χ1v) is 8.95. The normalized spacial score (nSPS) is 20.5. The summed E-state index contributed by atoms with van der Waals surface area (Å²) in [6, 6.07) is 0. The van der Waals surface area contributed by atoms with Crippen molar-refractivity contribution in [1.82, 2.24) is 15.3 Å². The number of carbonyl (C=O) groups excluding carboxylic acids is 1. The Labute approximate surface area is 143 Å². The highest BCUT2D eigenvalue weighted by Crippen LogP contribution is 2.19. The van der Waals surface area contributed by atoms with Gasteiger partial charge >= 0.3 is 0 Å². The number of ether oxygens (including phenoxy) is 1. The number of anilines is 1. The number of hydrogen-bond acceptors (Lipinski definition) is 5. The summed E-state index contributed by atoms with van der Waals surface area (Å²) < 4.78 is 5.49. The second-order valence-electron chi connectivity index (χ2n) is 6.42. The van der Waals surface area contributed by atoms with Gasteiger partial charge in [-0.05, 0) is 44.9 Å². The van der Waals surface area contributed by atoms with Crippen LogP contribution in [0.15, 0.2) is 24.0 Å². The number of rotatable bonds is 7. The molecule has 0 bridgehead atoms. The van der Waals surface area contributed by atoms with Crippen molar-refractivity contribution in [3.8, 4) is 0 Å². The molecule has 24 heavy (non-hydrogen) atoms. The highest BCUT2D eigenvalue weighted by Gasteiger charge is 2.17. The smallest absolute Gasteiger partial charge is 0.271 e. The molecular formula is C18H26N4O2. The van der Waals surface area contributed by atoms with Gasteiger partial charge in [0.25, 0.3) is 5.91 Å². The van der Waals surface area contributed by atoms with E-state index in [1.165, 1.54) is 37.5 Å². The quantitative estimate of drug-likeness (QED) is 0.752.